The van der Waals surface area contributed by atoms with Crippen molar-refractivity contribution in [2.24, 2.45) is 0 Å². The van der Waals surface area contributed by atoms with Crippen molar-refractivity contribution >= 4 is 28.5 Å². The summed E-state index contributed by atoms with van der Waals surface area (Å²) in [6, 6.07) is 9.61. The second-order valence-electron chi connectivity index (χ2n) is 3.52. The van der Waals surface area contributed by atoms with Crippen molar-refractivity contribution in [2.45, 2.75) is 6.42 Å². The van der Waals surface area contributed by atoms with E-state index < -0.39 is 0 Å². The predicted molar refractivity (Wildman–Crippen MR) is 66.1 cm³/mol. The van der Waals surface area contributed by atoms with Gasteiger partial charge in [-0.25, -0.2) is 4.79 Å². The molecule has 84 valence electrons. The Kier molecular flexibility index (Phi) is 3.47. The summed E-state index contributed by atoms with van der Waals surface area (Å²) in [7, 11) is 0. The summed E-state index contributed by atoms with van der Waals surface area (Å²) < 4.78 is 1.61. The van der Waals surface area contributed by atoms with Gasteiger partial charge in [-0.1, -0.05) is 18.2 Å². The molecular formula is C12H13ClN2O. The largest absolute Gasteiger partial charge is 0.337 e. The zero-order valence-corrected chi connectivity index (χ0v) is 9.57. The van der Waals surface area contributed by atoms with Crippen molar-refractivity contribution in [3.63, 3.8) is 0 Å². The number of fused-ring (bicyclic) bond motifs is 1. The van der Waals surface area contributed by atoms with Crippen LogP contribution in [0.15, 0.2) is 36.5 Å². The molecule has 1 heterocycles. The smallest absolute Gasteiger partial charge is 0.326 e. The van der Waals surface area contributed by atoms with Gasteiger partial charge in [-0.3, -0.25) is 4.57 Å². The Labute approximate surface area is 99.0 Å². The molecule has 0 atom stereocenters. The summed E-state index contributed by atoms with van der Waals surface area (Å²) in [4.78, 5) is 11.8. The molecule has 0 saturated heterocycles. The molecule has 0 aliphatic rings. The van der Waals surface area contributed by atoms with Crippen molar-refractivity contribution in [2.75, 3.05) is 12.4 Å². The molecule has 1 amide bonds. The summed E-state index contributed by atoms with van der Waals surface area (Å²) in [6.07, 6.45) is 2.56. The lowest BCUT2D eigenvalue weighted by Gasteiger charge is -2.05. The number of carbonyl (C=O) groups is 1. The molecule has 0 fully saturated rings. The molecule has 0 aliphatic heterocycles. The molecule has 0 radical (unpaired) electrons. The zero-order chi connectivity index (χ0) is 11.4. The van der Waals surface area contributed by atoms with E-state index in [1.807, 2.05) is 30.3 Å². The second kappa shape index (κ2) is 5.03. The van der Waals surface area contributed by atoms with Crippen molar-refractivity contribution in [3.8, 4) is 0 Å². The SMILES string of the molecule is O=C(NCCCCl)n1ccc2ccccc21. The van der Waals surface area contributed by atoms with Gasteiger partial charge < -0.3 is 5.32 Å². The average Bonchev–Trinajstić information content (AvgIpc) is 2.73. The minimum Gasteiger partial charge on any atom is -0.337 e. The molecule has 0 saturated carbocycles. The van der Waals surface area contributed by atoms with Crippen LogP contribution in [0, 0.1) is 0 Å². The number of aromatic nitrogens is 1. The Hall–Kier alpha value is -1.48. The van der Waals surface area contributed by atoms with Crippen molar-refractivity contribution in [1.29, 1.82) is 0 Å². The monoisotopic (exact) mass is 236 g/mol. The van der Waals surface area contributed by atoms with Crippen LogP contribution in [0.3, 0.4) is 0 Å². The molecule has 2 rings (SSSR count). The van der Waals surface area contributed by atoms with E-state index in [1.54, 1.807) is 10.8 Å². The van der Waals surface area contributed by atoms with E-state index in [9.17, 15) is 4.79 Å². The van der Waals surface area contributed by atoms with E-state index in [0.717, 1.165) is 17.3 Å². The van der Waals surface area contributed by atoms with Crippen LogP contribution in [0.5, 0.6) is 0 Å². The molecule has 1 aromatic heterocycles. The van der Waals surface area contributed by atoms with E-state index in [-0.39, 0.29) is 6.03 Å². The Morgan fingerprint density at radius 1 is 1.31 bits per heavy atom. The Bertz CT molecular complexity index is 492. The molecule has 0 aliphatic carbocycles. The molecule has 1 aromatic carbocycles. The van der Waals surface area contributed by atoms with Gasteiger partial charge in [-0.15, -0.1) is 11.6 Å². The third-order valence-electron chi connectivity index (χ3n) is 2.40. The molecule has 0 bridgehead atoms. The number of benzene rings is 1. The minimum atomic E-state index is -0.105. The number of alkyl halides is 1. The Balaban J connectivity index is 2.17. The first-order valence-electron chi connectivity index (χ1n) is 5.23. The van der Waals surface area contributed by atoms with Gasteiger partial charge in [0, 0.05) is 24.0 Å². The summed E-state index contributed by atoms with van der Waals surface area (Å²) in [5, 5.41) is 3.88. The maximum Gasteiger partial charge on any atom is 0.326 e. The highest BCUT2D eigenvalue weighted by atomic mass is 35.5. The van der Waals surface area contributed by atoms with Crippen LogP contribution in [0.2, 0.25) is 0 Å². The van der Waals surface area contributed by atoms with Gasteiger partial charge in [0.25, 0.3) is 0 Å². The molecule has 0 unspecified atom stereocenters. The number of amides is 1. The highest BCUT2D eigenvalue weighted by Crippen LogP contribution is 2.14. The maximum atomic E-state index is 11.8. The third-order valence-corrected chi connectivity index (χ3v) is 2.67. The number of carbonyl (C=O) groups excluding carboxylic acids is 1. The predicted octanol–water partition coefficient (Wildman–Crippen LogP) is 2.83. The standard InChI is InChI=1S/C12H13ClN2O/c13-7-3-8-14-12(16)15-9-6-10-4-1-2-5-11(10)15/h1-2,4-6,9H,3,7-8H2,(H,14,16). The highest BCUT2D eigenvalue weighted by Gasteiger charge is 2.06. The van der Waals surface area contributed by atoms with Gasteiger partial charge in [0.15, 0.2) is 0 Å². The molecular weight excluding hydrogens is 224 g/mol. The van der Waals surface area contributed by atoms with Crippen LogP contribution in [-0.2, 0) is 0 Å². The van der Waals surface area contributed by atoms with Crippen LogP contribution < -0.4 is 5.32 Å². The van der Waals surface area contributed by atoms with Crippen LogP contribution in [0.1, 0.15) is 6.42 Å². The number of rotatable bonds is 3. The second-order valence-corrected chi connectivity index (χ2v) is 3.90. The average molecular weight is 237 g/mol. The molecule has 16 heavy (non-hydrogen) atoms. The lowest BCUT2D eigenvalue weighted by Crippen LogP contribution is -2.28. The molecule has 2 aromatic rings. The molecule has 0 spiro atoms. The number of hydrogen-bond donors (Lipinski definition) is 1. The minimum absolute atomic E-state index is 0.105. The van der Waals surface area contributed by atoms with Gasteiger partial charge >= 0.3 is 6.03 Å². The summed E-state index contributed by atoms with van der Waals surface area (Å²) in [6.45, 7) is 0.606. The quantitative estimate of drug-likeness (QED) is 0.645. The van der Waals surface area contributed by atoms with E-state index in [0.29, 0.717) is 12.4 Å². The van der Waals surface area contributed by atoms with Gasteiger partial charge in [-0.05, 0) is 18.6 Å². The molecule has 1 N–H and O–H groups in total. The van der Waals surface area contributed by atoms with Gasteiger partial charge in [-0.2, -0.15) is 0 Å². The van der Waals surface area contributed by atoms with E-state index in [1.165, 1.54) is 0 Å². The number of hydrogen-bond acceptors (Lipinski definition) is 1. The molecule has 4 heteroatoms. The van der Waals surface area contributed by atoms with E-state index >= 15 is 0 Å². The first kappa shape index (κ1) is 11.0. The normalized spacial score (nSPS) is 10.6. The Morgan fingerprint density at radius 2 is 2.12 bits per heavy atom. The first-order valence-corrected chi connectivity index (χ1v) is 5.76. The fraction of sp³-hybridized carbons (Fsp3) is 0.250. The van der Waals surface area contributed by atoms with Gasteiger partial charge in [0.1, 0.15) is 0 Å². The topological polar surface area (TPSA) is 34.0 Å². The number of halogens is 1. The number of para-hydroxylation sites is 1. The van der Waals surface area contributed by atoms with E-state index in [2.05, 4.69) is 5.32 Å². The zero-order valence-electron chi connectivity index (χ0n) is 8.82. The lowest BCUT2D eigenvalue weighted by molar-refractivity contribution is 0.243. The van der Waals surface area contributed by atoms with Crippen LogP contribution in [0.4, 0.5) is 4.79 Å². The number of nitrogens with one attached hydrogen (secondary N) is 1. The fourth-order valence-corrected chi connectivity index (χ4v) is 1.74. The summed E-state index contributed by atoms with van der Waals surface area (Å²) in [5.41, 5.74) is 0.922. The van der Waals surface area contributed by atoms with Crippen LogP contribution >= 0.6 is 11.6 Å². The third kappa shape index (κ3) is 2.19. The van der Waals surface area contributed by atoms with Gasteiger partial charge in [0.05, 0.1) is 5.52 Å². The number of nitrogens with zero attached hydrogens (tertiary/aromatic N) is 1. The van der Waals surface area contributed by atoms with Crippen molar-refractivity contribution in [1.82, 2.24) is 9.88 Å². The highest BCUT2D eigenvalue weighted by molar-refractivity contribution is 6.17. The fourth-order valence-electron chi connectivity index (χ4n) is 1.61. The maximum absolute atomic E-state index is 11.8. The van der Waals surface area contributed by atoms with Crippen molar-refractivity contribution in [3.05, 3.63) is 36.5 Å². The van der Waals surface area contributed by atoms with Gasteiger partial charge in [0.2, 0.25) is 0 Å². The summed E-state index contributed by atoms with van der Waals surface area (Å²) >= 11 is 5.55. The Morgan fingerprint density at radius 3 is 2.94 bits per heavy atom. The first-order chi connectivity index (χ1) is 7.83. The lowest BCUT2D eigenvalue weighted by atomic mass is 10.2. The molecule has 3 nitrogen and oxygen atoms in total. The van der Waals surface area contributed by atoms with E-state index in [4.69, 9.17) is 11.6 Å². The van der Waals surface area contributed by atoms with Crippen LogP contribution in [-0.4, -0.2) is 23.0 Å². The van der Waals surface area contributed by atoms with Crippen molar-refractivity contribution < 1.29 is 4.79 Å². The summed E-state index contributed by atoms with van der Waals surface area (Å²) in [5.74, 6) is 0.562. The van der Waals surface area contributed by atoms with Crippen LogP contribution in [0.25, 0.3) is 10.9 Å².